The first kappa shape index (κ1) is 89.1. The molecular weight excluding hydrogens is 1200 g/mol. The summed E-state index contributed by atoms with van der Waals surface area (Å²) in [4.78, 5) is 72.6. The van der Waals surface area contributed by atoms with Crippen LogP contribution in [0.5, 0.6) is 0 Å². The fourth-order valence-corrected chi connectivity index (χ4v) is 12.5. The Bertz CT molecular complexity index is 1770. The molecule has 0 aliphatic rings. The van der Waals surface area contributed by atoms with Gasteiger partial charge in [0.1, 0.15) is 19.3 Å². The molecule has 0 aliphatic heterocycles. The largest absolute Gasteiger partial charge is 0.472 e. The van der Waals surface area contributed by atoms with Gasteiger partial charge in [-0.3, -0.25) is 37.3 Å². The molecule has 3 N–H and O–H groups in total. The Balaban J connectivity index is 5.26. The standard InChI is InChI=1S/C72H140O17P2/c1-7-9-11-13-15-17-19-21-22-23-25-31-38-44-50-56-71(76)88-67(61-83-70(75)55-49-43-37-32-26-28-34-40-46-52-64(3)4)62-86-90(78,79)84-58-66(73)59-85-91(80,81)87-63-68(89-72(77)57-51-45-39-33-27-29-35-41-47-53-65(5)6)60-82-69(74)54-48-42-36-30-24-20-18-16-14-12-10-8-2/h64-68,73H,7-63H2,1-6H3,(H,78,79)(H,80,81)/t66-,67-,68-/m1/s1. The summed E-state index contributed by atoms with van der Waals surface area (Å²) in [5.74, 6) is -0.639. The first-order valence-electron chi connectivity index (χ1n) is 37.5. The van der Waals surface area contributed by atoms with E-state index in [0.29, 0.717) is 25.7 Å². The van der Waals surface area contributed by atoms with Crippen LogP contribution in [-0.2, 0) is 65.4 Å². The average molecular weight is 1340 g/mol. The van der Waals surface area contributed by atoms with Crippen molar-refractivity contribution in [2.45, 2.75) is 387 Å². The molecule has 0 saturated heterocycles. The molecule has 0 bridgehead atoms. The zero-order valence-corrected chi connectivity index (χ0v) is 60.9. The molecule has 0 spiro atoms. The highest BCUT2D eigenvalue weighted by Crippen LogP contribution is 2.45. The van der Waals surface area contributed by atoms with Crippen LogP contribution in [0.3, 0.4) is 0 Å². The number of carbonyl (C=O) groups excluding carboxylic acids is 4. The van der Waals surface area contributed by atoms with E-state index in [-0.39, 0.29) is 25.7 Å². The Labute approximate surface area is 556 Å². The molecule has 0 saturated carbocycles. The molecule has 19 heteroatoms. The Morgan fingerprint density at radius 2 is 0.505 bits per heavy atom. The lowest BCUT2D eigenvalue weighted by atomic mass is 10.0. The van der Waals surface area contributed by atoms with E-state index < -0.39 is 97.5 Å². The number of phosphoric acid groups is 2. The van der Waals surface area contributed by atoms with Gasteiger partial charge in [0.15, 0.2) is 12.2 Å². The van der Waals surface area contributed by atoms with E-state index in [4.69, 9.17) is 37.0 Å². The topological polar surface area (TPSA) is 237 Å². The third-order valence-electron chi connectivity index (χ3n) is 16.7. The average Bonchev–Trinajstić information content (AvgIpc) is 3.73. The van der Waals surface area contributed by atoms with Crippen LogP contribution < -0.4 is 0 Å². The summed E-state index contributed by atoms with van der Waals surface area (Å²) in [7, 11) is -9.90. The number of rotatable bonds is 71. The van der Waals surface area contributed by atoms with Gasteiger partial charge < -0.3 is 33.8 Å². The monoisotopic (exact) mass is 1340 g/mol. The van der Waals surface area contributed by atoms with E-state index in [1.165, 1.54) is 186 Å². The van der Waals surface area contributed by atoms with E-state index in [1.54, 1.807) is 0 Å². The van der Waals surface area contributed by atoms with Crippen molar-refractivity contribution in [2.75, 3.05) is 39.6 Å². The van der Waals surface area contributed by atoms with Gasteiger partial charge in [-0.05, 0) is 37.5 Å². The van der Waals surface area contributed by atoms with Crippen LogP contribution in [0.4, 0.5) is 0 Å². The fraction of sp³-hybridized carbons (Fsp3) is 0.944. The second kappa shape index (κ2) is 64.1. The lowest BCUT2D eigenvalue weighted by Crippen LogP contribution is -2.30. The van der Waals surface area contributed by atoms with E-state index in [1.807, 2.05) is 0 Å². The van der Waals surface area contributed by atoms with Crippen LogP contribution in [0, 0.1) is 11.8 Å². The second-order valence-electron chi connectivity index (χ2n) is 26.9. The molecule has 540 valence electrons. The van der Waals surface area contributed by atoms with Gasteiger partial charge in [-0.25, -0.2) is 9.13 Å². The molecule has 0 aromatic heterocycles. The molecule has 0 heterocycles. The molecule has 91 heavy (non-hydrogen) atoms. The molecule has 2 unspecified atom stereocenters. The normalized spacial score (nSPS) is 14.1. The molecule has 0 aliphatic carbocycles. The van der Waals surface area contributed by atoms with Crippen molar-refractivity contribution in [1.82, 2.24) is 0 Å². The zero-order valence-electron chi connectivity index (χ0n) is 59.1. The highest BCUT2D eigenvalue weighted by molar-refractivity contribution is 7.47. The smallest absolute Gasteiger partial charge is 0.462 e. The SMILES string of the molecule is CCCCCCCCCCCCCCCCCC(=O)O[C@H](COC(=O)CCCCCCCCCCCC(C)C)COP(=O)(O)OC[C@@H](O)COP(=O)(O)OC[C@@H](COC(=O)CCCCCCCCCCCCCC)OC(=O)CCCCCCCCCCCC(C)C. The van der Waals surface area contributed by atoms with Crippen molar-refractivity contribution in [1.29, 1.82) is 0 Å². The number of phosphoric ester groups is 2. The molecule has 0 amide bonds. The number of unbranched alkanes of at least 4 members (excludes halogenated alkanes) is 41. The van der Waals surface area contributed by atoms with Gasteiger partial charge in [-0.2, -0.15) is 0 Å². The molecule has 0 aromatic carbocycles. The quantitative estimate of drug-likeness (QED) is 0.0222. The maximum absolute atomic E-state index is 13.0. The maximum atomic E-state index is 13.0. The molecule has 5 atom stereocenters. The third-order valence-corrected chi connectivity index (χ3v) is 18.6. The number of hydrogen-bond acceptors (Lipinski definition) is 15. The summed E-state index contributed by atoms with van der Waals surface area (Å²) in [6.07, 6.45) is 49.8. The lowest BCUT2D eigenvalue weighted by molar-refractivity contribution is -0.161. The van der Waals surface area contributed by atoms with Crippen LogP contribution in [0.15, 0.2) is 0 Å². The lowest BCUT2D eigenvalue weighted by Gasteiger charge is -2.21. The predicted molar refractivity (Wildman–Crippen MR) is 368 cm³/mol. The highest BCUT2D eigenvalue weighted by atomic mass is 31.2. The minimum absolute atomic E-state index is 0.106. The Kier molecular flexibility index (Phi) is 62.7. The summed E-state index contributed by atoms with van der Waals surface area (Å²) in [6.45, 7) is 9.53. The molecule has 0 fully saturated rings. The van der Waals surface area contributed by atoms with Crippen LogP contribution >= 0.6 is 15.6 Å². The van der Waals surface area contributed by atoms with Crippen molar-refractivity contribution >= 4 is 39.5 Å². The summed E-state index contributed by atoms with van der Waals surface area (Å²) >= 11 is 0. The number of aliphatic hydroxyl groups excluding tert-OH is 1. The summed E-state index contributed by atoms with van der Waals surface area (Å²) in [6, 6.07) is 0. The number of esters is 4. The summed E-state index contributed by atoms with van der Waals surface area (Å²) in [5.41, 5.74) is 0. The minimum atomic E-state index is -4.95. The predicted octanol–water partition coefficient (Wildman–Crippen LogP) is 20.8. The van der Waals surface area contributed by atoms with E-state index >= 15 is 0 Å². The van der Waals surface area contributed by atoms with Gasteiger partial charge in [0.2, 0.25) is 0 Å². The maximum Gasteiger partial charge on any atom is 0.472 e. The van der Waals surface area contributed by atoms with Crippen LogP contribution in [0.2, 0.25) is 0 Å². The highest BCUT2D eigenvalue weighted by Gasteiger charge is 2.30. The van der Waals surface area contributed by atoms with Crippen molar-refractivity contribution in [3.8, 4) is 0 Å². The number of hydrogen-bond donors (Lipinski definition) is 3. The van der Waals surface area contributed by atoms with E-state index in [0.717, 1.165) is 102 Å². The zero-order chi connectivity index (χ0) is 67.2. The number of carbonyl (C=O) groups is 4. The van der Waals surface area contributed by atoms with Crippen LogP contribution in [0.1, 0.15) is 369 Å². The van der Waals surface area contributed by atoms with E-state index in [2.05, 4.69) is 41.5 Å². The van der Waals surface area contributed by atoms with Crippen molar-refractivity contribution < 1.29 is 80.2 Å². The van der Waals surface area contributed by atoms with Gasteiger partial charge in [0.25, 0.3) is 0 Å². The van der Waals surface area contributed by atoms with Crippen molar-refractivity contribution in [3.05, 3.63) is 0 Å². The second-order valence-corrected chi connectivity index (χ2v) is 29.8. The van der Waals surface area contributed by atoms with Gasteiger partial charge in [0.05, 0.1) is 26.4 Å². The first-order valence-corrected chi connectivity index (χ1v) is 40.5. The van der Waals surface area contributed by atoms with Crippen LogP contribution in [0.25, 0.3) is 0 Å². The third kappa shape index (κ3) is 66.5. The van der Waals surface area contributed by atoms with Gasteiger partial charge in [-0.15, -0.1) is 0 Å². The molecule has 0 aromatic rings. The number of ether oxygens (including phenoxy) is 4. The van der Waals surface area contributed by atoms with Gasteiger partial charge in [0, 0.05) is 25.7 Å². The Hall–Kier alpha value is -1.94. The van der Waals surface area contributed by atoms with Crippen molar-refractivity contribution in [2.24, 2.45) is 11.8 Å². The Morgan fingerprint density at radius 1 is 0.297 bits per heavy atom. The minimum Gasteiger partial charge on any atom is -0.462 e. The van der Waals surface area contributed by atoms with Crippen molar-refractivity contribution in [3.63, 3.8) is 0 Å². The fourth-order valence-electron chi connectivity index (χ4n) is 10.9. The molecule has 0 rings (SSSR count). The Morgan fingerprint density at radius 3 is 0.747 bits per heavy atom. The molecule has 0 radical (unpaired) electrons. The van der Waals surface area contributed by atoms with Crippen LogP contribution in [-0.4, -0.2) is 96.7 Å². The van der Waals surface area contributed by atoms with Gasteiger partial charge in [-0.1, -0.05) is 318 Å². The summed E-state index contributed by atoms with van der Waals surface area (Å²) < 4.78 is 68.4. The summed E-state index contributed by atoms with van der Waals surface area (Å²) in [5, 5.41) is 10.6. The molecular formula is C72H140O17P2. The first-order chi connectivity index (χ1) is 43.9. The number of aliphatic hydroxyl groups is 1. The molecule has 17 nitrogen and oxygen atoms in total. The van der Waals surface area contributed by atoms with Gasteiger partial charge >= 0.3 is 39.5 Å². The van der Waals surface area contributed by atoms with E-state index in [9.17, 15) is 43.2 Å².